The van der Waals surface area contributed by atoms with Crippen LogP contribution in [0.25, 0.3) is 66.5 Å². The molecular weight excluding hydrogens is 1150 g/mol. The first kappa shape index (κ1) is 62.2. The number of nitrogens with one attached hydrogen (secondary N) is 4. The first-order valence-corrected chi connectivity index (χ1v) is 33.9. The van der Waals surface area contributed by atoms with Crippen LogP contribution in [0.1, 0.15) is 171 Å². The fourth-order valence-corrected chi connectivity index (χ4v) is 14.2. The molecule has 9 aromatic rings. The molecule has 92 heavy (non-hydrogen) atoms. The largest absolute Gasteiger partial charge is 0.490 e. The van der Waals surface area contributed by atoms with E-state index < -0.39 is 5.60 Å². The summed E-state index contributed by atoms with van der Waals surface area (Å²) in [7, 11) is 0. The lowest BCUT2D eigenvalue weighted by atomic mass is 9.92. The maximum atomic E-state index is 12.4. The van der Waals surface area contributed by atoms with Gasteiger partial charge in [-0.25, -0.2) is 4.79 Å². The molecule has 480 valence electrons. The number of carbonyl (C=O) groups excluding carboxylic acids is 2. The number of aromatic nitrogens is 9. The number of hydrogen-bond donors (Lipinski definition) is 4. The Bertz CT molecular complexity index is 3930. The number of amides is 2. The van der Waals surface area contributed by atoms with Gasteiger partial charge in [0, 0.05) is 93.9 Å². The highest BCUT2D eigenvalue weighted by Crippen LogP contribution is 2.38. The van der Waals surface area contributed by atoms with Crippen molar-refractivity contribution in [2.24, 2.45) is 0 Å². The van der Waals surface area contributed by atoms with Crippen LogP contribution in [0.5, 0.6) is 17.2 Å². The van der Waals surface area contributed by atoms with Gasteiger partial charge >= 0.3 is 6.09 Å². The minimum Gasteiger partial charge on any atom is -0.490 e. The van der Waals surface area contributed by atoms with Crippen molar-refractivity contribution in [3.8, 4) is 51.0 Å². The van der Waals surface area contributed by atoms with Crippen molar-refractivity contribution in [1.82, 2.24) is 60.7 Å². The molecule has 3 saturated carbocycles. The van der Waals surface area contributed by atoms with Crippen LogP contribution in [-0.2, 0) is 9.53 Å². The smallest absolute Gasteiger partial charge is 0.410 e. The van der Waals surface area contributed by atoms with Gasteiger partial charge < -0.3 is 34.1 Å². The molecular formula is C74H88N12O6. The average Bonchev–Trinajstić information content (AvgIpc) is 1.48. The molecule has 0 spiro atoms. The minimum atomic E-state index is -0.478. The Morgan fingerprint density at radius 3 is 1.12 bits per heavy atom. The van der Waals surface area contributed by atoms with E-state index in [0.717, 1.165) is 186 Å². The third-order valence-corrected chi connectivity index (χ3v) is 19.3. The predicted molar refractivity (Wildman–Crippen MR) is 360 cm³/mol. The summed E-state index contributed by atoms with van der Waals surface area (Å²) in [6.45, 7) is 14.3. The molecule has 3 saturated heterocycles. The number of rotatable bonds is 13. The topological polar surface area (TPSA) is 214 Å². The number of pyridine rings is 3. The van der Waals surface area contributed by atoms with Gasteiger partial charge in [-0.3, -0.25) is 35.0 Å². The van der Waals surface area contributed by atoms with Gasteiger partial charge in [0.15, 0.2) is 0 Å². The van der Waals surface area contributed by atoms with Crippen molar-refractivity contribution in [1.29, 1.82) is 0 Å². The van der Waals surface area contributed by atoms with E-state index in [0.29, 0.717) is 49.2 Å². The number of hydrogen-bond acceptors (Lipinski definition) is 13. The molecule has 0 unspecified atom stereocenters. The number of fused-ring (bicyclic) bond motifs is 3. The van der Waals surface area contributed by atoms with Gasteiger partial charge in [-0.15, -0.1) is 0 Å². The van der Waals surface area contributed by atoms with Crippen molar-refractivity contribution >= 4 is 44.7 Å². The van der Waals surface area contributed by atoms with Crippen LogP contribution in [0.3, 0.4) is 0 Å². The summed E-state index contributed by atoms with van der Waals surface area (Å²) in [4.78, 5) is 43.2. The number of likely N-dealkylation sites (tertiary alicyclic amines) is 2. The second-order valence-corrected chi connectivity index (χ2v) is 26.9. The average molecular weight is 1240 g/mol. The minimum absolute atomic E-state index is 0.0114. The summed E-state index contributed by atoms with van der Waals surface area (Å²) >= 11 is 0. The van der Waals surface area contributed by atoms with E-state index in [-0.39, 0.29) is 12.0 Å². The van der Waals surface area contributed by atoms with Gasteiger partial charge in [0.1, 0.15) is 22.8 Å². The summed E-state index contributed by atoms with van der Waals surface area (Å²) in [6, 6.07) is 31.4. The molecule has 18 nitrogen and oxygen atoms in total. The maximum absolute atomic E-state index is 12.4. The summed E-state index contributed by atoms with van der Waals surface area (Å²) < 4.78 is 23.9. The van der Waals surface area contributed by atoms with Crippen LogP contribution in [0.15, 0.2) is 122 Å². The second-order valence-electron chi connectivity index (χ2n) is 26.9. The summed E-state index contributed by atoms with van der Waals surface area (Å²) in [5.74, 6) is 3.96. The van der Waals surface area contributed by atoms with Crippen LogP contribution in [0, 0.1) is 0 Å². The first-order chi connectivity index (χ1) is 44.9. The van der Waals surface area contributed by atoms with E-state index >= 15 is 0 Å². The lowest BCUT2D eigenvalue weighted by Crippen LogP contribution is -2.41. The zero-order chi connectivity index (χ0) is 63.0. The number of benzene rings is 3. The Hall–Kier alpha value is -8.64. The number of aromatic amines is 3. The molecule has 0 bridgehead atoms. The monoisotopic (exact) mass is 1240 g/mol. The predicted octanol–water partition coefficient (Wildman–Crippen LogP) is 15.3. The molecule has 18 heteroatoms. The third-order valence-electron chi connectivity index (χ3n) is 19.3. The first-order valence-electron chi connectivity index (χ1n) is 33.9. The molecule has 6 fully saturated rings. The van der Waals surface area contributed by atoms with Crippen LogP contribution in [0.4, 0.5) is 4.79 Å². The number of H-pyrrole nitrogens is 3. The van der Waals surface area contributed by atoms with Crippen LogP contribution >= 0.6 is 0 Å². The highest BCUT2D eigenvalue weighted by Gasteiger charge is 2.30. The maximum Gasteiger partial charge on any atom is 0.410 e. The summed E-state index contributed by atoms with van der Waals surface area (Å²) in [5, 5.41) is 28.8. The van der Waals surface area contributed by atoms with Crippen LogP contribution in [-0.4, -0.2) is 131 Å². The van der Waals surface area contributed by atoms with Crippen LogP contribution < -0.4 is 19.5 Å². The van der Waals surface area contributed by atoms with Crippen molar-refractivity contribution in [2.75, 3.05) is 39.3 Å². The van der Waals surface area contributed by atoms with Gasteiger partial charge in [-0.05, 0) is 247 Å². The molecule has 3 aliphatic heterocycles. The Morgan fingerprint density at radius 1 is 0.467 bits per heavy atom. The molecule has 9 heterocycles. The number of nitrogens with zero attached hydrogens (tertiary/aromatic N) is 8. The molecule has 3 aliphatic carbocycles. The number of ether oxygens (including phenoxy) is 4. The summed E-state index contributed by atoms with van der Waals surface area (Å²) in [5.41, 5.74) is 11.8. The molecule has 4 N–H and O–H groups in total. The van der Waals surface area contributed by atoms with Crippen LogP contribution in [0.2, 0.25) is 0 Å². The van der Waals surface area contributed by atoms with E-state index in [1.807, 2.05) is 73.4 Å². The molecule has 0 atom stereocenters. The molecule has 6 aliphatic rings. The fraction of sp³-hybridized carbons (Fsp3) is 0.459. The van der Waals surface area contributed by atoms with Crippen molar-refractivity contribution in [3.63, 3.8) is 0 Å². The van der Waals surface area contributed by atoms with Gasteiger partial charge in [-0.1, -0.05) is 6.58 Å². The van der Waals surface area contributed by atoms with Crippen molar-refractivity contribution in [3.05, 3.63) is 139 Å². The second kappa shape index (κ2) is 28.5. The SMILES string of the molecule is C=CC(=O)N1CCC(c2cc3cn[nH]c3c(-c3ccc(OC4CCCC4)cc3)n2)CC1.CC(C)(C)OC(=O)N1CCC(c2cc3cn[nH]c3c(-c3ccc(OC4CCCC4)cc3)n2)CC1.c1cc(-c2nc(C3CCNCC3)cc3cn[nH]c23)ccc1OC1CCCC1. The molecule has 2 amide bonds. The Kier molecular flexibility index (Phi) is 19.2. The Balaban J connectivity index is 0.000000127. The van der Waals surface area contributed by atoms with Crippen molar-refractivity contribution < 1.29 is 28.5 Å². The van der Waals surface area contributed by atoms with E-state index in [9.17, 15) is 9.59 Å². The quantitative estimate of drug-likeness (QED) is 0.0792. The van der Waals surface area contributed by atoms with E-state index in [1.54, 1.807) is 0 Å². The zero-order valence-corrected chi connectivity index (χ0v) is 53.6. The zero-order valence-electron chi connectivity index (χ0n) is 53.6. The standard InChI is InChI=1S/C27H34N4O3.C25H28N4O2.C22H26N4O/c1-27(2,3)34-26(32)31-14-12-18(13-15-31)23-16-20-17-28-30-25(20)24(29-23)19-8-10-22(11-9-19)33-21-6-4-5-7-21;1-2-23(30)29-13-11-17(12-14-29)22-15-19-16-26-28-25(19)24(27-22)18-7-9-21(10-8-18)31-20-5-3-4-6-20;1-2-4-18(3-1)27-19-7-5-16(6-8-19)21-22-17(14-24-26-22)13-20(25-21)15-9-11-23-12-10-15/h8-11,16-18,21H,4-7,12-15H2,1-3H3,(H,28,30);2,7-10,15-17,20H,1,3-6,11-14H2,(H,26,28);5-8,13-15,18,23H,1-4,9-12H2,(H,24,26). The number of piperidine rings is 3. The lowest BCUT2D eigenvalue weighted by molar-refractivity contribution is -0.127. The van der Waals surface area contributed by atoms with Gasteiger partial charge in [0.05, 0.1) is 70.5 Å². The van der Waals surface area contributed by atoms with E-state index in [4.69, 9.17) is 33.9 Å². The highest BCUT2D eigenvalue weighted by molar-refractivity contribution is 5.93. The summed E-state index contributed by atoms with van der Waals surface area (Å²) in [6.07, 6.45) is 28.3. The Morgan fingerprint density at radius 2 is 0.793 bits per heavy atom. The van der Waals surface area contributed by atoms with Gasteiger partial charge in [0.2, 0.25) is 5.91 Å². The number of carbonyl (C=O) groups is 2. The molecule has 15 rings (SSSR count). The lowest BCUT2D eigenvalue weighted by Gasteiger charge is -2.33. The normalized spacial score (nSPS) is 18.2. The van der Waals surface area contributed by atoms with Gasteiger partial charge in [-0.2, -0.15) is 15.3 Å². The van der Waals surface area contributed by atoms with E-state index in [2.05, 4.69) is 109 Å². The fourth-order valence-electron chi connectivity index (χ4n) is 14.2. The molecule has 6 aromatic heterocycles. The van der Waals surface area contributed by atoms with E-state index in [1.165, 1.54) is 63.1 Å². The van der Waals surface area contributed by atoms with Crippen molar-refractivity contribution in [2.45, 2.75) is 178 Å². The molecule has 0 radical (unpaired) electrons. The Labute approximate surface area is 539 Å². The molecule has 3 aromatic carbocycles. The third kappa shape index (κ3) is 15.0. The highest BCUT2D eigenvalue weighted by atomic mass is 16.6. The van der Waals surface area contributed by atoms with Gasteiger partial charge in [0.25, 0.3) is 0 Å².